The average molecular weight is 359 g/mol. The Balaban J connectivity index is 2.23. The molecule has 0 aliphatic carbocycles. The van der Waals surface area contributed by atoms with Crippen LogP contribution in [-0.2, 0) is 13.5 Å². The summed E-state index contributed by atoms with van der Waals surface area (Å²) in [6.45, 7) is 0. The van der Waals surface area contributed by atoms with Gasteiger partial charge < -0.3 is 0 Å². The Morgan fingerprint density at radius 3 is 2.71 bits per heavy atom. The maximum absolute atomic E-state index is 4.27. The number of aryl methyl sites for hydroxylation is 1. The van der Waals surface area contributed by atoms with Gasteiger partial charge in [0.05, 0.1) is 0 Å². The van der Waals surface area contributed by atoms with Crippen molar-refractivity contribution in [2.45, 2.75) is 12.3 Å². The highest BCUT2D eigenvalue weighted by Crippen LogP contribution is 2.28. The van der Waals surface area contributed by atoms with Crippen LogP contribution in [0.2, 0.25) is 0 Å². The second-order valence-electron chi connectivity index (χ2n) is 3.88. The Kier molecular flexibility index (Phi) is 4.34. The second-order valence-corrected chi connectivity index (χ2v) is 5.38. The van der Waals surface area contributed by atoms with Crippen LogP contribution in [0.4, 0.5) is 0 Å². The molecule has 1 aromatic carbocycles. The van der Waals surface area contributed by atoms with Gasteiger partial charge in [-0.2, -0.15) is 5.10 Å². The molecule has 17 heavy (non-hydrogen) atoms. The summed E-state index contributed by atoms with van der Waals surface area (Å²) in [5.74, 6) is 1.40. The van der Waals surface area contributed by atoms with E-state index in [4.69, 9.17) is 0 Å². The third-order valence-corrected chi connectivity index (χ3v) is 4.27. The number of hydrogen-bond donors (Lipinski definition) is 0. The van der Waals surface area contributed by atoms with Crippen LogP contribution in [0.5, 0.6) is 0 Å². The zero-order chi connectivity index (χ0) is 12.3. The van der Waals surface area contributed by atoms with E-state index in [1.165, 1.54) is 5.56 Å². The fourth-order valence-corrected chi connectivity index (χ4v) is 2.97. The summed E-state index contributed by atoms with van der Waals surface area (Å²) in [4.78, 5) is 4.27. The summed E-state index contributed by atoms with van der Waals surface area (Å²) in [5, 5.41) is 5.00. The zero-order valence-corrected chi connectivity index (χ0v) is 12.6. The molecule has 0 radical (unpaired) electrons. The van der Waals surface area contributed by atoms with E-state index in [1.54, 1.807) is 6.33 Å². The molecular weight excluding hydrogens is 346 g/mol. The van der Waals surface area contributed by atoms with Gasteiger partial charge in [0.1, 0.15) is 12.2 Å². The summed E-state index contributed by atoms with van der Waals surface area (Å²) in [6.07, 6.45) is 2.48. The lowest BCUT2D eigenvalue weighted by Gasteiger charge is -2.15. The van der Waals surface area contributed by atoms with Crippen LogP contribution in [0.15, 0.2) is 35.1 Å². The fraction of sp³-hybridized carbons (Fsp3) is 0.333. The van der Waals surface area contributed by atoms with Gasteiger partial charge in [0, 0.05) is 29.2 Å². The molecule has 1 heterocycles. The molecule has 0 N–H and O–H groups in total. The van der Waals surface area contributed by atoms with Crippen LogP contribution < -0.4 is 0 Å². The van der Waals surface area contributed by atoms with E-state index in [2.05, 4.69) is 60.1 Å². The highest BCUT2D eigenvalue weighted by Gasteiger charge is 2.16. The quantitative estimate of drug-likeness (QED) is 0.785. The Hall–Kier alpha value is -0.680. The number of alkyl halides is 1. The van der Waals surface area contributed by atoms with Crippen molar-refractivity contribution in [3.05, 3.63) is 46.5 Å². The standard InChI is InChI=1S/C12H13Br2N3/c1-17-12(15-8-16-17)6-9(7-13)10-4-2-3-5-11(10)14/h2-5,8-9H,6-7H2,1H3. The number of rotatable bonds is 4. The molecular formula is C12H13Br2N3. The van der Waals surface area contributed by atoms with Gasteiger partial charge in [-0.15, -0.1) is 0 Å². The molecule has 2 aromatic rings. The van der Waals surface area contributed by atoms with Crippen molar-refractivity contribution >= 4 is 31.9 Å². The summed E-state index contributed by atoms with van der Waals surface area (Å²) >= 11 is 7.18. The maximum atomic E-state index is 4.27. The van der Waals surface area contributed by atoms with Gasteiger partial charge in [0.15, 0.2) is 0 Å². The van der Waals surface area contributed by atoms with Gasteiger partial charge in [0.25, 0.3) is 0 Å². The van der Waals surface area contributed by atoms with Crippen LogP contribution in [0, 0.1) is 0 Å². The number of nitrogens with zero attached hydrogens (tertiary/aromatic N) is 3. The molecule has 0 aliphatic rings. The monoisotopic (exact) mass is 357 g/mol. The van der Waals surface area contributed by atoms with Gasteiger partial charge in [0.2, 0.25) is 0 Å². The fourth-order valence-electron chi connectivity index (χ4n) is 1.78. The zero-order valence-electron chi connectivity index (χ0n) is 9.48. The first-order valence-corrected chi connectivity index (χ1v) is 7.27. The number of benzene rings is 1. The number of halogens is 2. The first kappa shape index (κ1) is 12.8. The second kappa shape index (κ2) is 5.78. The molecule has 0 amide bonds. The molecule has 3 nitrogen and oxygen atoms in total. The SMILES string of the molecule is Cn1ncnc1CC(CBr)c1ccccc1Br. The maximum Gasteiger partial charge on any atom is 0.138 e. The molecule has 0 spiro atoms. The van der Waals surface area contributed by atoms with E-state index in [0.717, 1.165) is 22.0 Å². The molecule has 90 valence electrons. The molecule has 1 aromatic heterocycles. The highest BCUT2D eigenvalue weighted by molar-refractivity contribution is 9.10. The minimum Gasteiger partial charge on any atom is -0.253 e. The van der Waals surface area contributed by atoms with Crippen LogP contribution in [-0.4, -0.2) is 20.1 Å². The molecule has 0 saturated heterocycles. The molecule has 1 atom stereocenters. The molecule has 2 rings (SSSR count). The lowest BCUT2D eigenvalue weighted by molar-refractivity contribution is 0.650. The highest BCUT2D eigenvalue weighted by atomic mass is 79.9. The van der Waals surface area contributed by atoms with Crippen molar-refractivity contribution < 1.29 is 0 Å². The van der Waals surface area contributed by atoms with E-state index in [0.29, 0.717) is 5.92 Å². The summed E-state index contributed by atoms with van der Waals surface area (Å²) < 4.78 is 2.97. The van der Waals surface area contributed by atoms with E-state index in [9.17, 15) is 0 Å². The van der Waals surface area contributed by atoms with Crippen LogP contribution in [0.25, 0.3) is 0 Å². The number of aromatic nitrogens is 3. The summed E-state index contributed by atoms with van der Waals surface area (Å²) in [7, 11) is 1.92. The van der Waals surface area contributed by atoms with Gasteiger partial charge in [-0.3, -0.25) is 4.68 Å². The molecule has 5 heteroatoms. The van der Waals surface area contributed by atoms with Gasteiger partial charge in [-0.1, -0.05) is 50.1 Å². The van der Waals surface area contributed by atoms with E-state index < -0.39 is 0 Å². The third-order valence-electron chi connectivity index (χ3n) is 2.77. The first-order valence-electron chi connectivity index (χ1n) is 5.35. The van der Waals surface area contributed by atoms with Crippen molar-refractivity contribution in [3.63, 3.8) is 0 Å². The van der Waals surface area contributed by atoms with Crippen molar-refractivity contribution in [2.24, 2.45) is 7.05 Å². The largest absolute Gasteiger partial charge is 0.253 e. The van der Waals surface area contributed by atoms with Crippen molar-refractivity contribution in [2.75, 3.05) is 5.33 Å². The van der Waals surface area contributed by atoms with Crippen LogP contribution >= 0.6 is 31.9 Å². The Bertz CT molecular complexity index is 496. The molecule has 0 fully saturated rings. The molecule has 0 aliphatic heterocycles. The minimum absolute atomic E-state index is 0.397. The van der Waals surface area contributed by atoms with E-state index >= 15 is 0 Å². The van der Waals surface area contributed by atoms with Gasteiger partial charge in [-0.25, -0.2) is 4.98 Å². The van der Waals surface area contributed by atoms with Crippen LogP contribution in [0.3, 0.4) is 0 Å². The van der Waals surface area contributed by atoms with Gasteiger partial charge in [-0.05, 0) is 11.6 Å². The van der Waals surface area contributed by atoms with Crippen molar-refractivity contribution in [1.82, 2.24) is 14.8 Å². The number of hydrogen-bond acceptors (Lipinski definition) is 2. The Morgan fingerprint density at radius 1 is 1.35 bits per heavy atom. The van der Waals surface area contributed by atoms with E-state index in [1.807, 2.05) is 17.8 Å². The first-order chi connectivity index (χ1) is 8.22. The minimum atomic E-state index is 0.397. The van der Waals surface area contributed by atoms with Crippen LogP contribution in [0.1, 0.15) is 17.3 Å². The predicted molar refractivity (Wildman–Crippen MR) is 75.4 cm³/mol. The lowest BCUT2D eigenvalue weighted by atomic mass is 9.97. The smallest absolute Gasteiger partial charge is 0.138 e. The molecule has 0 saturated carbocycles. The van der Waals surface area contributed by atoms with E-state index in [-0.39, 0.29) is 0 Å². The normalized spacial score (nSPS) is 12.6. The average Bonchev–Trinajstić information content (AvgIpc) is 2.73. The molecule has 1 unspecified atom stereocenters. The Labute approximate surface area is 118 Å². The summed E-state index contributed by atoms with van der Waals surface area (Å²) in [6, 6.07) is 8.31. The van der Waals surface area contributed by atoms with Gasteiger partial charge >= 0.3 is 0 Å². The summed E-state index contributed by atoms with van der Waals surface area (Å²) in [5.41, 5.74) is 1.30. The van der Waals surface area contributed by atoms with Crippen molar-refractivity contribution in [3.8, 4) is 0 Å². The lowest BCUT2D eigenvalue weighted by Crippen LogP contribution is -2.10. The predicted octanol–water partition coefficient (Wildman–Crippen LogP) is 3.30. The third kappa shape index (κ3) is 2.96. The Morgan fingerprint density at radius 2 is 2.12 bits per heavy atom. The van der Waals surface area contributed by atoms with Crippen molar-refractivity contribution in [1.29, 1.82) is 0 Å². The molecule has 0 bridgehead atoms. The topological polar surface area (TPSA) is 30.7 Å².